The molecule has 0 aliphatic rings. The third kappa shape index (κ3) is 10.4. The van der Waals surface area contributed by atoms with Crippen molar-refractivity contribution in [3.8, 4) is 89.5 Å². The lowest BCUT2D eigenvalue weighted by atomic mass is 9.94. The average Bonchev–Trinajstić information content (AvgIpc) is 1.38. The number of fused-ring (bicyclic) bond motifs is 16. The van der Waals surface area contributed by atoms with Crippen molar-refractivity contribution in [2.45, 2.75) is 0 Å². The van der Waals surface area contributed by atoms with Gasteiger partial charge in [-0.15, -0.1) is 0 Å². The van der Waals surface area contributed by atoms with Gasteiger partial charge in [0.2, 0.25) is 0 Å². The van der Waals surface area contributed by atoms with Crippen molar-refractivity contribution in [3.63, 3.8) is 0 Å². The number of hydrogen-bond acceptors (Lipinski definition) is 2. The molecule has 0 fully saturated rings. The highest BCUT2D eigenvalue weighted by molar-refractivity contribution is 6.24. The number of para-hydroxylation sites is 4. The zero-order valence-corrected chi connectivity index (χ0v) is 56.7. The van der Waals surface area contributed by atoms with E-state index in [4.69, 9.17) is 9.97 Å². The maximum Gasteiger partial charge on any atom is 0.0788 e. The van der Waals surface area contributed by atoms with Gasteiger partial charge < -0.3 is 9.13 Å². The number of hydrogen-bond donors (Lipinski definition) is 0. The Bertz CT molecular complexity index is 6790. The van der Waals surface area contributed by atoms with Crippen LogP contribution in [-0.4, -0.2) is 19.1 Å². The van der Waals surface area contributed by atoms with Gasteiger partial charge in [0, 0.05) is 76.4 Å². The van der Waals surface area contributed by atoms with Crippen LogP contribution < -0.4 is 0 Å². The molecule has 0 saturated heterocycles. The van der Waals surface area contributed by atoms with Gasteiger partial charge in [0.25, 0.3) is 0 Å². The Morgan fingerprint density at radius 2 is 0.471 bits per heavy atom. The molecule has 484 valence electrons. The van der Waals surface area contributed by atoms with Crippen LogP contribution in [0, 0.1) is 0 Å². The Labute approximate surface area is 601 Å². The first-order chi connectivity index (χ1) is 51.6. The zero-order valence-electron chi connectivity index (χ0n) is 56.7. The van der Waals surface area contributed by atoms with Gasteiger partial charge in [0.1, 0.15) is 0 Å². The molecule has 0 atom stereocenters. The van der Waals surface area contributed by atoms with Gasteiger partial charge in [-0.3, -0.25) is 0 Å². The number of pyridine rings is 2. The standard InChI is InChI=1S/C53H34N2.C47H30N2/c1-3-11-35(12-4-1)41-26-31-50-47(33-41)48-34-42(36-13-5-2-6-14-36)27-32-51(48)55(50)43-28-23-38(24-29-43)37-19-21-40(22-20-37)53-46-30-25-39-15-7-8-16-44(39)52(46)45-17-9-10-18-49(45)54-53;1-2-14-37(15-3-1)49-44-20-9-7-17-39(44)42-30-36(26-28-45(42)49)35-13-10-12-34(29-35)31-21-23-33(24-22-31)47-41-27-25-32-11-4-5-16-38(32)46(41)40-18-6-8-19-43(40)48-47/h1-34H;1-30H. The van der Waals surface area contributed by atoms with Crippen molar-refractivity contribution < 1.29 is 0 Å². The van der Waals surface area contributed by atoms with E-state index in [0.717, 1.165) is 39.2 Å². The fraction of sp³-hybridized carbons (Fsp3) is 0. The van der Waals surface area contributed by atoms with Crippen LogP contribution in [0.3, 0.4) is 0 Å². The number of nitrogens with zero attached hydrogens (tertiary/aromatic N) is 4. The molecule has 0 spiro atoms. The minimum Gasteiger partial charge on any atom is -0.309 e. The summed E-state index contributed by atoms with van der Waals surface area (Å²) < 4.78 is 4.77. The van der Waals surface area contributed by atoms with Gasteiger partial charge in [-0.25, -0.2) is 9.97 Å². The van der Waals surface area contributed by atoms with Gasteiger partial charge >= 0.3 is 0 Å². The third-order valence-corrected chi connectivity index (χ3v) is 21.2. The maximum absolute atomic E-state index is 5.21. The molecule has 4 nitrogen and oxygen atoms in total. The molecular formula is C100H64N4. The molecule has 0 N–H and O–H groups in total. The molecule has 0 unspecified atom stereocenters. The highest BCUT2D eigenvalue weighted by Crippen LogP contribution is 2.43. The van der Waals surface area contributed by atoms with Gasteiger partial charge in [-0.1, -0.05) is 303 Å². The van der Waals surface area contributed by atoms with Gasteiger partial charge in [0.05, 0.1) is 44.5 Å². The number of aromatic nitrogens is 4. The van der Waals surface area contributed by atoms with Crippen LogP contribution in [0.1, 0.15) is 0 Å². The maximum atomic E-state index is 5.21. The van der Waals surface area contributed by atoms with E-state index in [1.54, 1.807) is 0 Å². The van der Waals surface area contributed by atoms with Crippen molar-refractivity contribution >= 4 is 109 Å². The van der Waals surface area contributed by atoms with E-state index in [9.17, 15) is 0 Å². The monoisotopic (exact) mass is 1320 g/mol. The van der Waals surface area contributed by atoms with Crippen LogP contribution in [0.2, 0.25) is 0 Å². The highest BCUT2D eigenvalue weighted by Gasteiger charge is 2.20. The van der Waals surface area contributed by atoms with Crippen molar-refractivity contribution in [1.82, 2.24) is 19.1 Å². The van der Waals surface area contributed by atoms with Crippen molar-refractivity contribution in [3.05, 3.63) is 388 Å². The van der Waals surface area contributed by atoms with Gasteiger partial charge in [-0.05, 0) is 162 Å². The molecule has 0 bridgehead atoms. The Morgan fingerprint density at radius 3 is 0.962 bits per heavy atom. The Kier molecular flexibility index (Phi) is 14.5. The molecule has 4 heterocycles. The minimum atomic E-state index is 1.01. The van der Waals surface area contributed by atoms with Crippen LogP contribution >= 0.6 is 0 Å². The van der Waals surface area contributed by atoms with Crippen LogP contribution in [0.15, 0.2) is 388 Å². The van der Waals surface area contributed by atoms with E-state index in [1.807, 2.05) is 0 Å². The molecule has 0 aliphatic carbocycles. The molecule has 0 radical (unpaired) electrons. The molecule has 21 rings (SSSR count). The molecule has 0 amide bonds. The summed E-state index contributed by atoms with van der Waals surface area (Å²) in [4.78, 5) is 10.4. The van der Waals surface area contributed by atoms with Crippen molar-refractivity contribution in [2.24, 2.45) is 0 Å². The second kappa shape index (κ2) is 25.1. The predicted octanol–water partition coefficient (Wildman–Crippen LogP) is 26.9. The van der Waals surface area contributed by atoms with E-state index >= 15 is 0 Å². The lowest BCUT2D eigenvalue weighted by Gasteiger charge is -2.13. The van der Waals surface area contributed by atoms with Crippen LogP contribution in [0.25, 0.3) is 198 Å². The van der Waals surface area contributed by atoms with E-state index in [2.05, 4.69) is 397 Å². The Hall–Kier alpha value is -13.8. The first-order valence-corrected chi connectivity index (χ1v) is 35.7. The number of rotatable bonds is 9. The molecule has 0 aliphatic heterocycles. The smallest absolute Gasteiger partial charge is 0.0788 e. The topological polar surface area (TPSA) is 35.6 Å². The summed E-state index contributed by atoms with van der Waals surface area (Å²) in [6.07, 6.45) is 0. The van der Waals surface area contributed by atoms with Crippen molar-refractivity contribution in [2.75, 3.05) is 0 Å². The van der Waals surface area contributed by atoms with Gasteiger partial charge in [-0.2, -0.15) is 0 Å². The summed E-state index contributed by atoms with van der Waals surface area (Å²) in [5, 5.41) is 17.3. The quantitative estimate of drug-likeness (QED) is 0.135. The van der Waals surface area contributed by atoms with Gasteiger partial charge in [0.15, 0.2) is 0 Å². The zero-order chi connectivity index (χ0) is 68.6. The molecule has 104 heavy (non-hydrogen) atoms. The fourth-order valence-corrected chi connectivity index (χ4v) is 16.1. The third-order valence-electron chi connectivity index (χ3n) is 21.2. The van der Waals surface area contributed by atoms with Crippen molar-refractivity contribution in [1.29, 1.82) is 0 Å². The van der Waals surface area contributed by atoms with E-state index in [1.165, 1.54) is 159 Å². The predicted molar refractivity (Wildman–Crippen MR) is 440 cm³/mol. The SMILES string of the molecule is c1ccc(-c2ccc3c(c2)c2cc(-c4ccccc4)ccc2n3-c2ccc(-c3ccc(-c4nc5ccccc5c5c4ccc4ccccc45)cc3)cc2)cc1.c1ccc(-n2c3ccccc3c3cc(-c4cccc(-c5ccc(-c6nc7ccccc7c7c6ccc6ccccc67)cc5)c4)ccc32)cc1. The molecule has 21 aromatic rings. The summed E-state index contributed by atoms with van der Waals surface area (Å²) >= 11 is 0. The molecule has 4 heteroatoms. The Balaban J connectivity index is 0.000000139. The summed E-state index contributed by atoms with van der Waals surface area (Å²) in [6, 6.07) is 140. The van der Waals surface area contributed by atoms with E-state index in [-0.39, 0.29) is 0 Å². The van der Waals surface area contributed by atoms with E-state index in [0.29, 0.717) is 0 Å². The lowest BCUT2D eigenvalue weighted by Crippen LogP contribution is -1.94. The fourth-order valence-electron chi connectivity index (χ4n) is 16.1. The van der Waals surface area contributed by atoms with E-state index < -0.39 is 0 Å². The second-order valence-electron chi connectivity index (χ2n) is 27.1. The summed E-state index contributed by atoms with van der Waals surface area (Å²) in [5.41, 5.74) is 25.4. The Morgan fingerprint density at radius 1 is 0.163 bits per heavy atom. The average molecular weight is 1320 g/mol. The van der Waals surface area contributed by atoms with Crippen LogP contribution in [0.5, 0.6) is 0 Å². The highest BCUT2D eigenvalue weighted by atomic mass is 15.0. The minimum absolute atomic E-state index is 1.01. The number of benzene rings is 17. The molecule has 17 aromatic carbocycles. The first-order valence-electron chi connectivity index (χ1n) is 35.7. The molecule has 4 aromatic heterocycles. The second-order valence-corrected chi connectivity index (χ2v) is 27.1. The first kappa shape index (κ1) is 60.2. The normalized spacial score (nSPS) is 11.7. The summed E-state index contributed by atoms with van der Waals surface area (Å²) in [6.45, 7) is 0. The summed E-state index contributed by atoms with van der Waals surface area (Å²) in [5.74, 6) is 0. The largest absolute Gasteiger partial charge is 0.309 e. The summed E-state index contributed by atoms with van der Waals surface area (Å²) in [7, 11) is 0. The van der Waals surface area contributed by atoms with Crippen LogP contribution in [-0.2, 0) is 0 Å². The van der Waals surface area contributed by atoms with Crippen LogP contribution in [0.4, 0.5) is 0 Å². The molecule has 0 saturated carbocycles. The molecular weight excluding hydrogens is 1260 g/mol. The lowest BCUT2D eigenvalue weighted by molar-refractivity contribution is 1.18.